The number of nitrogens with zero attached hydrogens (tertiary/aromatic N) is 2. The zero-order valence-corrected chi connectivity index (χ0v) is 12.7. The molecule has 1 aromatic carbocycles. The van der Waals surface area contributed by atoms with Crippen molar-refractivity contribution >= 4 is 36.9 Å². The van der Waals surface area contributed by atoms with E-state index in [4.69, 9.17) is 0 Å². The predicted octanol–water partition coefficient (Wildman–Crippen LogP) is 2.97. The average Bonchev–Trinajstić information content (AvgIpc) is 2.91. The Kier molecular flexibility index (Phi) is 3.35. The van der Waals surface area contributed by atoms with Gasteiger partial charge in [-0.25, -0.2) is 12.4 Å². The van der Waals surface area contributed by atoms with E-state index < -0.39 is 10.0 Å². The van der Waals surface area contributed by atoms with Gasteiger partial charge < -0.3 is 0 Å². The van der Waals surface area contributed by atoms with E-state index in [0.717, 1.165) is 10.9 Å². The summed E-state index contributed by atoms with van der Waals surface area (Å²) >= 11 is 3.37. The van der Waals surface area contributed by atoms with Crippen LogP contribution in [0.4, 0.5) is 0 Å². The topological polar surface area (TPSA) is 52.0 Å². The molecule has 0 aliphatic heterocycles. The van der Waals surface area contributed by atoms with Gasteiger partial charge in [-0.3, -0.25) is 4.98 Å². The Hall–Kier alpha value is -1.66. The van der Waals surface area contributed by atoms with Crippen LogP contribution >= 0.6 is 15.9 Å². The van der Waals surface area contributed by atoms with E-state index in [2.05, 4.69) is 27.0 Å². The number of benzene rings is 1. The number of rotatable bonds is 3. The standard InChI is InChI=1S/C14H10BrN2O2S/c15-9-11-3-4-12-5-7-17(14(12)8-11)20(18,19)13-2-1-6-16-10-13/h1-4,6-8,10H,9H2. The smallest absolute Gasteiger partial charge is 0.263 e. The van der Waals surface area contributed by atoms with E-state index in [1.54, 1.807) is 12.3 Å². The highest BCUT2D eigenvalue weighted by atomic mass is 79.9. The zero-order valence-electron chi connectivity index (χ0n) is 10.3. The maximum Gasteiger partial charge on any atom is 0.269 e. The summed E-state index contributed by atoms with van der Waals surface area (Å²) in [7, 11) is -3.64. The van der Waals surface area contributed by atoms with Gasteiger partial charge in [0, 0.05) is 35.4 Å². The van der Waals surface area contributed by atoms with Crippen LogP contribution in [0, 0.1) is 6.07 Å². The first kappa shape index (κ1) is 13.3. The summed E-state index contributed by atoms with van der Waals surface area (Å²) in [5.41, 5.74) is 1.62. The van der Waals surface area contributed by atoms with E-state index in [1.165, 1.54) is 22.4 Å². The van der Waals surface area contributed by atoms with Crippen molar-refractivity contribution in [2.24, 2.45) is 0 Å². The summed E-state index contributed by atoms with van der Waals surface area (Å²) in [6, 6.07) is 11.7. The normalized spacial score (nSPS) is 11.8. The molecule has 0 unspecified atom stereocenters. The minimum atomic E-state index is -3.64. The lowest BCUT2D eigenvalue weighted by atomic mass is 10.2. The number of alkyl halides is 1. The molecular formula is C14H10BrN2O2S. The lowest BCUT2D eigenvalue weighted by Gasteiger charge is -2.07. The Morgan fingerprint density at radius 2 is 2.15 bits per heavy atom. The molecule has 0 N–H and O–H groups in total. The molecule has 0 spiro atoms. The molecule has 20 heavy (non-hydrogen) atoms. The number of fused-ring (bicyclic) bond motifs is 1. The minimum Gasteiger partial charge on any atom is -0.263 e. The number of hydrogen-bond donors (Lipinski definition) is 0. The van der Waals surface area contributed by atoms with Gasteiger partial charge in [-0.1, -0.05) is 28.1 Å². The maximum atomic E-state index is 12.6. The molecule has 0 saturated heterocycles. The molecule has 3 aromatic rings. The number of halogens is 1. The van der Waals surface area contributed by atoms with Crippen molar-refractivity contribution < 1.29 is 8.42 Å². The molecule has 0 atom stereocenters. The average molecular weight is 350 g/mol. The second-order valence-corrected chi connectivity index (χ2v) is 6.62. The number of aromatic nitrogens is 2. The van der Waals surface area contributed by atoms with Crippen LogP contribution in [0.5, 0.6) is 0 Å². The van der Waals surface area contributed by atoms with E-state index in [0.29, 0.717) is 10.8 Å². The molecule has 2 heterocycles. The quantitative estimate of drug-likeness (QED) is 0.683. The van der Waals surface area contributed by atoms with Crippen molar-refractivity contribution in [3.63, 3.8) is 0 Å². The molecule has 101 valence electrons. The Morgan fingerprint density at radius 1 is 1.30 bits per heavy atom. The Balaban J connectivity index is 2.24. The maximum absolute atomic E-state index is 12.6. The van der Waals surface area contributed by atoms with Gasteiger partial charge >= 0.3 is 0 Å². The van der Waals surface area contributed by atoms with Gasteiger partial charge in [0.05, 0.1) is 5.52 Å². The first-order chi connectivity index (χ1) is 9.63. The molecule has 0 aliphatic carbocycles. The summed E-state index contributed by atoms with van der Waals surface area (Å²) in [6.07, 6.45) is 4.34. The van der Waals surface area contributed by atoms with Crippen LogP contribution in [0.3, 0.4) is 0 Å². The molecule has 6 heteroatoms. The summed E-state index contributed by atoms with van der Waals surface area (Å²) in [5, 5.41) is 1.43. The minimum absolute atomic E-state index is 0.162. The number of pyridine rings is 1. The second kappa shape index (κ2) is 5.03. The lowest BCUT2D eigenvalue weighted by molar-refractivity contribution is 0.588. The monoisotopic (exact) mass is 349 g/mol. The van der Waals surface area contributed by atoms with E-state index >= 15 is 0 Å². The van der Waals surface area contributed by atoms with Gasteiger partial charge in [0.2, 0.25) is 0 Å². The highest BCUT2D eigenvalue weighted by Gasteiger charge is 2.19. The van der Waals surface area contributed by atoms with Crippen molar-refractivity contribution in [1.82, 2.24) is 8.96 Å². The summed E-state index contributed by atoms with van der Waals surface area (Å²) < 4.78 is 26.4. The van der Waals surface area contributed by atoms with Gasteiger partial charge in [0.1, 0.15) is 4.90 Å². The first-order valence-electron chi connectivity index (χ1n) is 5.86. The largest absolute Gasteiger partial charge is 0.269 e. The summed E-state index contributed by atoms with van der Waals surface area (Å²) in [6.45, 7) is 0. The van der Waals surface area contributed by atoms with Crippen molar-refractivity contribution in [2.45, 2.75) is 10.2 Å². The zero-order chi connectivity index (χ0) is 14.2. The fourth-order valence-corrected chi connectivity index (χ4v) is 3.60. The van der Waals surface area contributed by atoms with Crippen LogP contribution in [-0.4, -0.2) is 17.4 Å². The van der Waals surface area contributed by atoms with E-state index in [-0.39, 0.29) is 4.90 Å². The third-order valence-electron chi connectivity index (χ3n) is 2.98. The third kappa shape index (κ3) is 2.14. The van der Waals surface area contributed by atoms with E-state index in [1.807, 2.05) is 18.2 Å². The highest BCUT2D eigenvalue weighted by molar-refractivity contribution is 9.08. The van der Waals surface area contributed by atoms with E-state index in [9.17, 15) is 8.42 Å². The van der Waals surface area contributed by atoms with Crippen LogP contribution in [0.1, 0.15) is 5.56 Å². The van der Waals surface area contributed by atoms with Gasteiger partial charge in [-0.2, -0.15) is 0 Å². The Morgan fingerprint density at radius 3 is 2.85 bits per heavy atom. The third-order valence-corrected chi connectivity index (χ3v) is 5.29. The van der Waals surface area contributed by atoms with Crippen molar-refractivity contribution in [1.29, 1.82) is 0 Å². The molecule has 0 aliphatic rings. The molecule has 0 bridgehead atoms. The molecule has 1 radical (unpaired) electrons. The predicted molar refractivity (Wildman–Crippen MR) is 80.2 cm³/mol. The summed E-state index contributed by atoms with van der Waals surface area (Å²) in [5.74, 6) is 0. The van der Waals surface area contributed by atoms with Gasteiger partial charge in [-0.15, -0.1) is 0 Å². The first-order valence-corrected chi connectivity index (χ1v) is 8.42. The highest BCUT2D eigenvalue weighted by Crippen LogP contribution is 2.23. The van der Waals surface area contributed by atoms with Crippen LogP contribution < -0.4 is 0 Å². The molecule has 2 aromatic heterocycles. The molecule has 4 nitrogen and oxygen atoms in total. The Bertz CT molecular complexity index is 857. The Labute approximate surface area is 125 Å². The van der Waals surface area contributed by atoms with Gasteiger partial charge in [-0.05, 0) is 23.8 Å². The van der Waals surface area contributed by atoms with Crippen LogP contribution in [0.25, 0.3) is 10.9 Å². The number of hydrogen-bond acceptors (Lipinski definition) is 3. The molecule has 0 saturated carbocycles. The van der Waals surface area contributed by atoms with Gasteiger partial charge in [0.15, 0.2) is 0 Å². The molecular weight excluding hydrogens is 340 g/mol. The van der Waals surface area contributed by atoms with Gasteiger partial charge in [0.25, 0.3) is 10.0 Å². The molecule has 3 rings (SSSR count). The van der Waals surface area contributed by atoms with Crippen molar-refractivity contribution in [2.75, 3.05) is 0 Å². The molecule has 0 fully saturated rings. The van der Waals surface area contributed by atoms with Crippen molar-refractivity contribution in [3.05, 3.63) is 60.6 Å². The van der Waals surface area contributed by atoms with Crippen LogP contribution in [0.2, 0.25) is 0 Å². The van der Waals surface area contributed by atoms with Crippen molar-refractivity contribution in [3.8, 4) is 0 Å². The lowest BCUT2D eigenvalue weighted by Crippen LogP contribution is -2.12. The fraction of sp³-hybridized carbons (Fsp3) is 0.0714. The SMILES string of the molecule is O=S(=O)(c1cccnc1)n1c[c]c2ccc(CBr)cc21. The van der Waals surface area contributed by atoms with Crippen LogP contribution in [-0.2, 0) is 15.4 Å². The van der Waals surface area contributed by atoms with Crippen LogP contribution in [0.15, 0.2) is 53.8 Å². The second-order valence-electron chi connectivity index (χ2n) is 4.25. The molecule has 0 amide bonds. The summed E-state index contributed by atoms with van der Waals surface area (Å²) in [4.78, 5) is 4.03. The fourth-order valence-electron chi connectivity index (χ4n) is 1.97.